The van der Waals surface area contributed by atoms with Crippen molar-refractivity contribution in [2.45, 2.75) is 20.8 Å². The Kier molecular flexibility index (Phi) is 5.63. The second-order valence-electron chi connectivity index (χ2n) is 10.8. The Bertz CT molecular complexity index is 1780. The van der Waals surface area contributed by atoms with E-state index in [1.54, 1.807) is 0 Å². The monoisotopic (exact) mass is 532 g/mol. The van der Waals surface area contributed by atoms with Gasteiger partial charge in [0.05, 0.1) is 22.3 Å². The van der Waals surface area contributed by atoms with Crippen LogP contribution in [0.25, 0.3) is 22.2 Å². The first kappa shape index (κ1) is 24.4. The molecule has 200 valence electrons. The van der Waals surface area contributed by atoms with Crippen molar-refractivity contribution in [3.63, 3.8) is 0 Å². The van der Waals surface area contributed by atoms with Crippen LogP contribution in [0.2, 0.25) is 0 Å². The van der Waals surface area contributed by atoms with Crippen molar-refractivity contribution < 1.29 is 13.7 Å². The Morgan fingerprint density at radius 2 is 1.50 bits per heavy atom. The van der Waals surface area contributed by atoms with Crippen molar-refractivity contribution in [2.75, 3.05) is 41.3 Å². The van der Waals surface area contributed by atoms with E-state index in [0.29, 0.717) is 22.4 Å². The highest BCUT2D eigenvalue weighted by Crippen LogP contribution is 2.47. The minimum atomic E-state index is -0.233. The number of anilines is 4. The zero-order valence-corrected chi connectivity index (χ0v) is 22.7. The summed E-state index contributed by atoms with van der Waals surface area (Å²) >= 11 is 0. The highest BCUT2D eigenvalue weighted by Gasteiger charge is 2.34. The third kappa shape index (κ3) is 3.84. The lowest BCUT2D eigenvalue weighted by Crippen LogP contribution is -2.46. The zero-order chi connectivity index (χ0) is 27.5. The molecule has 7 heteroatoms. The maximum atomic E-state index is 14.0. The fourth-order valence-corrected chi connectivity index (χ4v) is 6.25. The topological polar surface area (TPSA) is 61.6 Å². The average Bonchev–Trinajstić information content (AvgIpc) is 3.40. The van der Waals surface area contributed by atoms with Gasteiger partial charge in [-0.1, -0.05) is 47.1 Å². The van der Waals surface area contributed by atoms with Crippen LogP contribution < -0.4 is 15.1 Å². The van der Waals surface area contributed by atoms with Crippen molar-refractivity contribution in [3.05, 3.63) is 100 Å². The summed E-state index contributed by atoms with van der Waals surface area (Å²) < 4.78 is 19.4. The van der Waals surface area contributed by atoms with Crippen LogP contribution in [0.1, 0.15) is 32.6 Å². The predicted molar refractivity (Wildman–Crippen MR) is 158 cm³/mol. The van der Waals surface area contributed by atoms with Crippen LogP contribution in [-0.2, 0) is 0 Å². The minimum Gasteiger partial charge on any atom is -0.368 e. The van der Waals surface area contributed by atoms with Crippen LogP contribution in [0.4, 0.5) is 27.1 Å². The minimum absolute atomic E-state index is 0.0334. The first-order valence-electron chi connectivity index (χ1n) is 13.6. The molecule has 2 heterocycles. The third-order valence-electron chi connectivity index (χ3n) is 8.13. The number of benzene rings is 4. The lowest BCUT2D eigenvalue weighted by atomic mass is 9.86. The van der Waals surface area contributed by atoms with E-state index in [-0.39, 0.29) is 11.6 Å². The van der Waals surface area contributed by atoms with Crippen molar-refractivity contribution in [3.8, 4) is 11.3 Å². The predicted octanol–water partition coefficient (Wildman–Crippen LogP) is 7.17. The van der Waals surface area contributed by atoms with Gasteiger partial charge in [0.15, 0.2) is 11.5 Å². The summed E-state index contributed by atoms with van der Waals surface area (Å²) in [6.45, 7) is 9.32. The summed E-state index contributed by atoms with van der Waals surface area (Å²) in [5, 5.41) is 8.93. The lowest BCUT2D eigenvalue weighted by Gasteiger charge is -2.37. The number of nitrogens with one attached hydrogen (secondary N) is 1. The highest BCUT2D eigenvalue weighted by molar-refractivity contribution is 6.29. The molecule has 0 saturated carbocycles. The van der Waals surface area contributed by atoms with Gasteiger partial charge >= 0.3 is 0 Å². The zero-order valence-electron chi connectivity index (χ0n) is 22.7. The number of hydrogen-bond donors (Lipinski definition) is 1. The van der Waals surface area contributed by atoms with Crippen molar-refractivity contribution in [1.29, 1.82) is 0 Å². The molecular formula is C33H29FN4O2. The Balaban J connectivity index is 1.35. The van der Waals surface area contributed by atoms with Crippen molar-refractivity contribution >= 4 is 39.4 Å². The van der Waals surface area contributed by atoms with Gasteiger partial charge in [0.2, 0.25) is 0 Å². The van der Waals surface area contributed by atoms with E-state index in [0.717, 1.165) is 71.0 Å². The molecule has 0 spiro atoms. The third-order valence-corrected chi connectivity index (χ3v) is 8.13. The van der Waals surface area contributed by atoms with E-state index < -0.39 is 0 Å². The van der Waals surface area contributed by atoms with Gasteiger partial charge in [-0.15, -0.1) is 0 Å². The number of carbonyl (C=O) groups excluding carboxylic acids is 1. The number of rotatable bonds is 4. The first-order chi connectivity index (χ1) is 19.4. The smallest absolute Gasteiger partial charge is 0.196 e. The Labute approximate surface area is 232 Å². The second kappa shape index (κ2) is 9.23. The summed E-state index contributed by atoms with van der Waals surface area (Å²) in [5.41, 5.74) is 9.82. The molecule has 40 heavy (non-hydrogen) atoms. The summed E-state index contributed by atoms with van der Waals surface area (Å²) in [6.07, 6.45) is 0. The molecule has 0 unspecified atom stereocenters. The molecular weight excluding hydrogens is 503 g/mol. The van der Waals surface area contributed by atoms with Gasteiger partial charge in [-0.05, 0) is 62.2 Å². The first-order valence-corrected chi connectivity index (χ1v) is 13.6. The van der Waals surface area contributed by atoms with Gasteiger partial charge in [-0.2, -0.15) is 0 Å². The summed E-state index contributed by atoms with van der Waals surface area (Å²) in [4.78, 5) is 18.5. The summed E-state index contributed by atoms with van der Waals surface area (Å²) in [5.74, 6) is 0.365. The number of aromatic nitrogens is 1. The molecule has 1 fully saturated rings. The molecule has 1 aliphatic carbocycles. The van der Waals surface area contributed by atoms with Crippen LogP contribution in [0, 0.1) is 26.6 Å². The number of piperazine rings is 1. The molecule has 1 aliphatic heterocycles. The largest absolute Gasteiger partial charge is 0.368 e. The Morgan fingerprint density at radius 3 is 2.20 bits per heavy atom. The quantitative estimate of drug-likeness (QED) is 0.260. The number of hydrogen-bond acceptors (Lipinski definition) is 6. The van der Waals surface area contributed by atoms with E-state index >= 15 is 0 Å². The molecule has 5 aromatic rings. The highest BCUT2D eigenvalue weighted by atomic mass is 19.1. The fourth-order valence-electron chi connectivity index (χ4n) is 6.25. The Morgan fingerprint density at radius 1 is 0.850 bits per heavy atom. The van der Waals surface area contributed by atoms with Crippen LogP contribution in [0.15, 0.2) is 71.3 Å². The number of ketones is 1. The molecule has 2 aliphatic rings. The molecule has 4 aromatic carbocycles. The Hall–Kier alpha value is -4.65. The number of halogens is 1. The molecule has 0 atom stereocenters. The maximum Gasteiger partial charge on any atom is 0.196 e. The van der Waals surface area contributed by atoms with Crippen molar-refractivity contribution in [1.82, 2.24) is 5.16 Å². The molecule has 0 amide bonds. The summed E-state index contributed by atoms with van der Waals surface area (Å²) in [7, 11) is 0. The van der Waals surface area contributed by atoms with Gasteiger partial charge in [0.1, 0.15) is 11.3 Å². The van der Waals surface area contributed by atoms with E-state index in [1.807, 2.05) is 36.4 Å². The molecule has 0 bridgehead atoms. The number of aryl methyl sites for hydroxylation is 3. The average molecular weight is 533 g/mol. The molecule has 6 nitrogen and oxygen atoms in total. The molecule has 1 aromatic heterocycles. The molecule has 0 radical (unpaired) electrons. The number of nitrogens with zero attached hydrogens (tertiary/aromatic N) is 3. The van der Waals surface area contributed by atoms with Gasteiger partial charge in [-0.3, -0.25) is 4.79 Å². The van der Waals surface area contributed by atoms with Gasteiger partial charge < -0.3 is 19.6 Å². The molecule has 1 saturated heterocycles. The lowest BCUT2D eigenvalue weighted by molar-refractivity contribution is 0.104. The fraction of sp³-hybridized carbons (Fsp3) is 0.212. The number of fused-ring (bicyclic) bond motifs is 2. The standard InChI is InChI=1S/C33H29FN4O2/c1-19-16-20(2)30(21(3)17-19)35-26-18-27(38-14-12-37(13-15-38)23-10-8-22(34)9-11-23)31-29-28(26)32(39)24-6-4-5-7-25(24)33(29)40-36-31/h4-11,16-18,35H,12-15H2,1-3H3. The van der Waals surface area contributed by atoms with E-state index in [4.69, 9.17) is 4.52 Å². The van der Waals surface area contributed by atoms with Crippen LogP contribution in [0.5, 0.6) is 0 Å². The van der Waals surface area contributed by atoms with Gasteiger partial charge in [-0.25, -0.2) is 4.39 Å². The maximum absolute atomic E-state index is 14.0. The number of carbonyl (C=O) groups is 1. The molecule has 1 N–H and O–H groups in total. The van der Waals surface area contributed by atoms with Crippen molar-refractivity contribution in [2.24, 2.45) is 0 Å². The van der Waals surface area contributed by atoms with E-state index in [2.05, 4.69) is 59.2 Å². The summed E-state index contributed by atoms with van der Waals surface area (Å²) in [6, 6.07) is 20.6. The van der Waals surface area contributed by atoms with E-state index in [1.165, 1.54) is 17.7 Å². The molecule has 7 rings (SSSR count). The van der Waals surface area contributed by atoms with Gasteiger partial charge in [0, 0.05) is 48.7 Å². The van der Waals surface area contributed by atoms with E-state index in [9.17, 15) is 9.18 Å². The normalized spacial score (nSPS) is 14.6. The van der Waals surface area contributed by atoms with Gasteiger partial charge in [0.25, 0.3) is 0 Å². The van der Waals surface area contributed by atoms with Crippen LogP contribution in [-0.4, -0.2) is 37.1 Å². The SMILES string of the molecule is Cc1cc(C)c(Nc2cc(N3CCN(c4ccc(F)cc4)CC3)c3noc4c3c2C(=O)c2ccccc2-4)c(C)c1. The van der Waals surface area contributed by atoms with Crippen LogP contribution in [0.3, 0.4) is 0 Å². The second-order valence-corrected chi connectivity index (χ2v) is 10.8. The van der Waals surface area contributed by atoms with Crippen LogP contribution >= 0.6 is 0 Å².